The number of methoxy groups -OCH3 is 1. The summed E-state index contributed by atoms with van der Waals surface area (Å²) in [4.78, 5) is 6.53. The Hall–Kier alpha value is -1.13. The minimum absolute atomic E-state index is 0.756. The van der Waals surface area contributed by atoms with Gasteiger partial charge in [0.1, 0.15) is 5.82 Å². The van der Waals surface area contributed by atoms with E-state index in [9.17, 15) is 0 Å². The summed E-state index contributed by atoms with van der Waals surface area (Å²) < 4.78 is 4.96. The summed E-state index contributed by atoms with van der Waals surface area (Å²) in [6.45, 7) is 5.62. The summed E-state index contributed by atoms with van der Waals surface area (Å²) in [5, 5.41) is 3.31. The standard InChI is InChI=1S/C12H21N3O/c1-11-5-4-6-14-12(11)15(2)9-7-13-8-10-16-3/h4-6,13H,7-10H2,1-3H3. The highest BCUT2D eigenvalue weighted by Gasteiger charge is 2.03. The number of aromatic nitrogens is 1. The van der Waals surface area contributed by atoms with Crippen LogP contribution in [0, 0.1) is 6.92 Å². The zero-order chi connectivity index (χ0) is 11.8. The average molecular weight is 223 g/mol. The fraction of sp³-hybridized carbons (Fsp3) is 0.583. The molecule has 0 saturated heterocycles. The van der Waals surface area contributed by atoms with E-state index in [0.717, 1.165) is 32.1 Å². The van der Waals surface area contributed by atoms with Crippen LogP contribution in [-0.2, 0) is 4.74 Å². The predicted octanol–water partition coefficient (Wildman–Crippen LogP) is 1.06. The first-order valence-corrected chi connectivity index (χ1v) is 5.58. The Labute approximate surface area is 97.6 Å². The number of nitrogens with zero attached hydrogens (tertiary/aromatic N) is 2. The van der Waals surface area contributed by atoms with Gasteiger partial charge in [0.15, 0.2) is 0 Å². The molecule has 0 aliphatic carbocycles. The molecule has 4 nitrogen and oxygen atoms in total. The number of nitrogens with one attached hydrogen (secondary N) is 1. The van der Waals surface area contributed by atoms with Gasteiger partial charge in [-0.05, 0) is 18.6 Å². The Balaban J connectivity index is 2.30. The molecular weight excluding hydrogens is 202 g/mol. The molecular formula is C12H21N3O. The molecule has 0 radical (unpaired) electrons. The van der Waals surface area contributed by atoms with Gasteiger partial charge in [-0.2, -0.15) is 0 Å². The largest absolute Gasteiger partial charge is 0.383 e. The van der Waals surface area contributed by atoms with Crippen LogP contribution in [0.25, 0.3) is 0 Å². The van der Waals surface area contributed by atoms with Gasteiger partial charge in [0, 0.05) is 40.0 Å². The summed E-state index contributed by atoms with van der Waals surface area (Å²) in [5.41, 5.74) is 1.21. The van der Waals surface area contributed by atoms with Gasteiger partial charge in [-0.15, -0.1) is 0 Å². The van der Waals surface area contributed by atoms with Gasteiger partial charge < -0.3 is 15.0 Å². The number of likely N-dealkylation sites (N-methyl/N-ethyl adjacent to an activating group) is 1. The minimum Gasteiger partial charge on any atom is -0.383 e. The first-order chi connectivity index (χ1) is 7.75. The van der Waals surface area contributed by atoms with Gasteiger partial charge in [0.2, 0.25) is 0 Å². The lowest BCUT2D eigenvalue weighted by Gasteiger charge is -2.20. The molecule has 0 bridgehead atoms. The zero-order valence-electron chi connectivity index (χ0n) is 10.4. The molecule has 0 aliphatic rings. The Morgan fingerprint density at radius 3 is 2.94 bits per heavy atom. The second-order valence-electron chi connectivity index (χ2n) is 3.81. The van der Waals surface area contributed by atoms with Crippen molar-refractivity contribution in [3.05, 3.63) is 23.9 Å². The Morgan fingerprint density at radius 2 is 2.25 bits per heavy atom. The van der Waals surface area contributed by atoms with Gasteiger partial charge in [-0.3, -0.25) is 0 Å². The van der Waals surface area contributed by atoms with E-state index in [-0.39, 0.29) is 0 Å². The lowest BCUT2D eigenvalue weighted by Crippen LogP contribution is -2.31. The van der Waals surface area contributed by atoms with Crippen LogP contribution in [-0.4, -0.2) is 45.4 Å². The van der Waals surface area contributed by atoms with E-state index >= 15 is 0 Å². The van der Waals surface area contributed by atoms with Crippen molar-refractivity contribution in [2.75, 3.05) is 45.3 Å². The molecule has 0 aliphatic heterocycles. The topological polar surface area (TPSA) is 37.4 Å². The maximum absolute atomic E-state index is 4.96. The summed E-state index contributed by atoms with van der Waals surface area (Å²) in [6, 6.07) is 4.04. The second-order valence-corrected chi connectivity index (χ2v) is 3.81. The van der Waals surface area contributed by atoms with Crippen molar-refractivity contribution >= 4 is 5.82 Å². The van der Waals surface area contributed by atoms with Crippen molar-refractivity contribution in [3.63, 3.8) is 0 Å². The normalized spacial score (nSPS) is 10.4. The predicted molar refractivity (Wildman–Crippen MR) is 67.0 cm³/mol. The molecule has 1 heterocycles. The number of aryl methyl sites for hydroxylation is 1. The van der Waals surface area contributed by atoms with E-state index in [1.165, 1.54) is 5.56 Å². The van der Waals surface area contributed by atoms with Crippen LogP contribution < -0.4 is 10.2 Å². The third kappa shape index (κ3) is 4.16. The number of ether oxygens (including phenoxy) is 1. The number of anilines is 1. The van der Waals surface area contributed by atoms with Gasteiger partial charge in [-0.25, -0.2) is 4.98 Å². The van der Waals surface area contributed by atoms with Crippen molar-refractivity contribution in [3.8, 4) is 0 Å². The molecule has 0 unspecified atom stereocenters. The zero-order valence-corrected chi connectivity index (χ0v) is 10.4. The van der Waals surface area contributed by atoms with Crippen molar-refractivity contribution in [2.45, 2.75) is 6.92 Å². The fourth-order valence-electron chi connectivity index (χ4n) is 1.53. The van der Waals surface area contributed by atoms with Crippen LogP contribution in [0.15, 0.2) is 18.3 Å². The highest BCUT2D eigenvalue weighted by atomic mass is 16.5. The SMILES string of the molecule is COCCNCCN(C)c1ncccc1C. The van der Waals surface area contributed by atoms with E-state index < -0.39 is 0 Å². The lowest BCUT2D eigenvalue weighted by molar-refractivity contribution is 0.200. The van der Waals surface area contributed by atoms with Crippen LogP contribution >= 0.6 is 0 Å². The summed E-state index contributed by atoms with van der Waals surface area (Å²) in [5.74, 6) is 1.05. The maximum atomic E-state index is 4.96. The molecule has 0 amide bonds. The Morgan fingerprint density at radius 1 is 1.44 bits per heavy atom. The first-order valence-electron chi connectivity index (χ1n) is 5.58. The summed E-state index contributed by atoms with van der Waals surface area (Å²) in [7, 11) is 3.78. The summed E-state index contributed by atoms with van der Waals surface area (Å²) in [6.07, 6.45) is 1.83. The molecule has 1 aromatic rings. The Bertz CT molecular complexity index is 304. The number of rotatable bonds is 7. The van der Waals surface area contributed by atoms with Crippen molar-refractivity contribution in [2.24, 2.45) is 0 Å². The molecule has 1 rings (SSSR count). The first kappa shape index (κ1) is 12.9. The molecule has 16 heavy (non-hydrogen) atoms. The average Bonchev–Trinajstić information content (AvgIpc) is 2.29. The molecule has 90 valence electrons. The van der Waals surface area contributed by atoms with Gasteiger partial charge in [-0.1, -0.05) is 6.07 Å². The van der Waals surface area contributed by atoms with Crippen molar-refractivity contribution < 1.29 is 4.74 Å². The third-order valence-electron chi connectivity index (χ3n) is 2.45. The number of hydrogen-bond donors (Lipinski definition) is 1. The lowest BCUT2D eigenvalue weighted by atomic mass is 10.3. The van der Waals surface area contributed by atoms with Crippen molar-refractivity contribution in [1.29, 1.82) is 0 Å². The number of hydrogen-bond acceptors (Lipinski definition) is 4. The molecule has 0 fully saturated rings. The van der Waals surface area contributed by atoms with E-state index in [2.05, 4.69) is 35.2 Å². The maximum Gasteiger partial charge on any atom is 0.131 e. The van der Waals surface area contributed by atoms with E-state index in [1.807, 2.05) is 12.3 Å². The monoisotopic (exact) mass is 223 g/mol. The van der Waals surface area contributed by atoms with Crippen LogP contribution in [0.1, 0.15) is 5.56 Å². The Kier molecular flexibility index (Phi) is 5.82. The highest BCUT2D eigenvalue weighted by molar-refractivity contribution is 5.44. The second kappa shape index (κ2) is 7.19. The van der Waals surface area contributed by atoms with Gasteiger partial charge in [0.05, 0.1) is 6.61 Å². The van der Waals surface area contributed by atoms with Crippen LogP contribution in [0.3, 0.4) is 0 Å². The third-order valence-corrected chi connectivity index (χ3v) is 2.45. The van der Waals surface area contributed by atoms with Crippen molar-refractivity contribution in [1.82, 2.24) is 10.3 Å². The molecule has 4 heteroatoms. The molecule has 0 atom stereocenters. The molecule has 1 N–H and O–H groups in total. The summed E-state index contributed by atoms with van der Waals surface area (Å²) >= 11 is 0. The fourth-order valence-corrected chi connectivity index (χ4v) is 1.53. The quantitative estimate of drug-likeness (QED) is 0.701. The number of pyridine rings is 1. The molecule has 0 saturated carbocycles. The van der Waals surface area contributed by atoms with Gasteiger partial charge in [0.25, 0.3) is 0 Å². The molecule has 1 aromatic heterocycles. The van der Waals surface area contributed by atoms with Gasteiger partial charge >= 0.3 is 0 Å². The molecule has 0 spiro atoms. The van der Waals surface area contributed by atoms with Crippen LogP contribution in [0.2, 0.25) is 0 Å². The molecule has 0 aromatic carbocycles. The minimum atomic E-state index is 0.756. The van der Waals surface area contributed by atoms with E-state index in [0.29, 0.717) is 0 Å². The van der Waals surface area contributed by atoms with E-state index in [4.69, 9.17) is 4.74 Å². The van der Waals surface area contributed by atoms with Crippen LogP contribution in [0.5, 0.6) is 0 Å². The van der Waals surface area contributed by atoms with E-state index in [1.54, 1.807) is 7.11 Å². The highest BCUT2D eigenvalue weighted by Crippen LogP contribution is 2.12. The smallest absolute Gasteiger partial charge is 0.131 e. The van der Waals surface area contributed by atoms with Crippen LogP contribution in [0.4, 0.5) is 5.82 Å².